The molecule has 3 heteroatoms. The highest BCUT2D eigenvalue weighted by molar-refractivity contribution is 5.75. The summed E-state index contributed by atoms with van der Waals surface area (Å²) in [6.07, 6.45) is 1.44. The SMILES string of the molecule is CCCC(=O)NCc1ccc(C(C)(C)O)cc1. The second-order valence-corrected chi connectivity index (χ2v) is 4.78. The fourth-order valence-electron chi connectivity index (χ4n) is 1.55. The molecule has 1 rings (SSSR count). The summed E-state index contributed by atoms with van der Waals surface area (Å²) in [4.78, 5) is 11.3. The Kier molecular flexibility index (Phi) is 4.70. The van der Waals surface area contributed by atoms with Gasteiger partial charge in [-0.05, 0) is 31.4 Å². The molecular weight excluding hydrogens is 214 g/mol. The molecule has 1 amide bonds. The maximum atomic E-state index is 11.3. The van der Waals surface area contributed by atoms with Gasteiger partial charge in [-0.2, -0.15) is 0 Å². The number of amides is 1. The zero-order chi connectivity index (χ0) is 12.9. The number of aliphatic hydroxyl groups is 1. The van der Waals surface area contributed by atoms with E-state index in [2.05, 4.69) is 5.32 Å². The van der Waals surface area contributed by atoms with Crippen molar-refractivity contribution in [3.63, 3.8) is 0 Å². The third-order valence-corrected chi connectivity index (χ3v) is 2.63. The summed E-state index contributed by atoms with van der Waals surface area (Å²) in [5.74, 6) is 0.0825. The lowest BCUT2D eigenvalue weighted by Crippen LogP contribution is -2.22. The minimum atomic E-state index is -0.815. The van der Waals surface area contributed by atoms with Crippen LogP contribution < -0.4 is 5.32 Å². The summed E-state index contributed by atoms with van der Waals surface area (Å²) >= 11 is 0. The Balaban J connectivity index is 2.54. The standard InChI is InChI=1S/C14H21NO2/c1-4-5-13(16)15-10-11-6-8-12(9-7-11)14(2,3)17/h6-9,17H,4-5,10H2,1-3H3,(H,15,16). The van der Waals surface area contributed by atoms with E-state index < -0.39 is 5.60 Å². The van der Waals surface area contributed by atoms with Crippen molar-refractivity contribution in [1.82, 2.24) is 5.32 Å². The quantitative estimate of drug-likeness (QED) is 0.823. The van der Waals surface area contributed by atoms with Gasteiger partial charge in [-0.15, -0.1) is 0 Å². The normalized spacial score (nSPS) is 11.3. The van der Waals surface area contributed by atoms with E-state index in [9.17, 15) is 9.90 Å². The summed E-state index contributed by atoms with van der Waals surface area (Å²) in [6, 6.07) is 7.64. The zero-order valence-corrected chi connectivity index (χ0v) is 10.8. The summed E-state index contributed by atoms with van der Waals surface area (Å²) < 4.78 is 0. The van der Waals surface area contributed by atoms with Crippen molar-refractivity contribution in [3.8, 4) is 0 Å². The predicted octanol–water partition coefficient (Wildman–Crippen LogP) is 2.33. The molecule has 0 radical (unpaired) electrons. The van der Waals surface area contributed by atoms with Gasteiger partial charge in [0.25, 0.3) is 0 Å². The maximum absolute atomic E-state index is 11.3. The van der Waals surface area contributed by atoms with E-state index in [1.807, 2.05) is 31.2 Å². The van der Waals surface area contributed by atoms with Gasteiger partial charge >= 0.3 is 0 Å². The number of benzene rings is 1. The molecule has 0 unspecified atom stereocenters. The van der Waals surface area contributed by atoms with E-state index in [-0.39, 0.29) is 5.91 Å². The fraction of sp³-hybridized carbons (Fsp3) is 0.500. The first-order chi connectivity index (χ1) is 7.93. The molecular formula is C14H21NO2. The fourth-order valence-corrected chi connectivity index (χ4v) is 1.55. The van der Waals surface area contributed by atoms with Crippen molar-refractivity contribution >= 4 is 5.91 Å². The van der Waals surface area contributed by atoms with Gasteiger partial charge < -0.3 is 10.4 Å². The molecule has 0 aliphatic heterocycles. The van der Waals surface area contributed by atoms with Gasteiger partial charge in [0.05, 0.1) is 5.60 Å². The lowest BCUT2D eigenvalue weighted by Gasteiger charge is -2.17. The Labute approximate surface area is 103 Å². The van der Waals surface area contributed by atoms with E-state index in [4.69, 9.17) is 0 Å². The Bertz CT molecular complexity index is 363. The van der Waals surface area contributed by atoms with Gasteiger partial charge in [0.1, 0.15) is 0 Å². The Morgan fingerprint density at radius 2 is 1.88 bits per heavy atom. The summed E-state index contributed by atoms with van der Waals surface area (Å²) in [7, 11) is 0. The molecule has 0 aliphatic rings. The second kappa shape index (κ2) is 5.82. The molecule has 0 aromatic heterocycles. The van der Waals surface area contributed by atoms with Gasteiger partial charge in [0, 0.05) is 13.0 Å². The lowest BCUT2D eigenvalue weighted by molar-refractivity contribution is -0.121. The highest BCUT2D eigenvalue weighted by Crippen LogP contribution is 2.19. The van der Waals surface area contributed by atoms with E-state index in [0.717, 1.165) is 17.5 Å². The van der Waals surface area contributed by atoms with Crippen LogP contribution in [-0.4, -0.2) is 11.0 Å². The van der Waals surface area contributed by atoms with Crippen LogP contribution in [0.2, 0.25) is 0 Å². The third-order valence-electron chi connectivity index (χ3n) is 2.63. The van der Waals surface area contributed by atoms with Crippen LogP contribution in [0.4, 0.5) is 0 Å². The number of rotatable bonds is 5. The van der Waals surface area contributed by atoms with Crippen LogP contribution in [0.15, 0.2) is 24.3 Å². The molecule has 0 aliphatic carbocycles. The van der Waals surface area contributed by atoms with Crippen molar-refractivity contribution in [1.29, 1.82) is 0 Å². The van der Waals surface area contributed by atoms with Crippen LogP contribution in [0.3, 0.4) is 0 Å². The Morgan fingerprint density at radius 1 is 1.29 bits per heavy atom. The molecule has 0 fully saturated rings. The molecule has 0 bridgehead atoms. The van der Waals surface area contributed by atoms with Crippen molar-refractivity contribution in [2.45, 2.75) is 45.8 Å². The van der Waals surface area contributed by atoms with E-state index >= 15 is 0 Å². The number of hydrogen-bond acceptors (Lipinski definition) is 2. The summed E-state index contributed by atoms with van der Waals surface area (Å²) in [5.41, 5.74) is 1.10. The first-order valence-electron chi connectivity index (χ1n) is 6.02. The topological polar surface area (TPSA) is 49.3 Å². The molecule has 0 heterocycles. The van der Waals surface area contributed by atoms with E-state index in [1.165, 1.54) is 0 Å². The third kappa shape index (κ3) is 4.57. The van der Waals surface area contributed by atoms with Crippen LogP contribution >= 0.6 is 0 Å². The van der Waals surface area contributed by atoms with Gasteiger partial charge in [0.15, 0.2) is 0 Å². The Morgan fingerprint density at radius 3 is 2.35 bits per heavy atom. The van der Waals surface area contributed by atoms with Crippen LogP contribution in [0.25, 0.3) is 0 Å². The monoisotopic (exact) mass is 235 g/mol. The lowest BCUT2D eigenvalue weighted by atomic mass is 9.97. The van der Waals surface area contributed by atoms with Gasteiger partial charge in [-0.25, -0.2) is 0 Å². The van der Waals surface area contributed by atoms with Gasteiger partial charge in [-0.1, -0.05) is 31.2 Å². The smallest absolute Gasteiger partial charge is 0.220 e. The zero-order valence-electron chi connectivity index (χ0n) is 10.8. The number of carbonyl (C=O) groups is 1. The number of hydrogen-bond donors (Lipinski definition) is 2. The second-order valence-electron chi connectivity index (χ2n) is 4.78. The Hall–Kier alpha value is -1.35. The largest absolute Gasteiger partial charge is 0.386 e. The maximum Gasteiger partial charge on any atom is 0.220 e. The minimum Gasteiger partial charge on any atom is -0.386 e. The highest BCUT2D eigenvalue weighted by Gasteiger charge is 2.14. The van der Waals surface area contributed by atoms with E-state index in [1.54, 1.807) is 13.8 Å². The van der Waals surface area contributed by atoms with Crippen LogP contribution in [0.1, 0.15) is 44.7 Å². The van der Waals surface area contributed by atoms with Crippen LogP contribution in [0.5, 0.6) is 0 Å². The molecule has 0 saturated carbocycles. The molecule has 94 valence electrons. The van der Waals surface area contributed by atoms with Crippen molar-refractivity contribution in [3.05, 3.63) is 35.4 Å². The molecule has 1 aromatic carbocycles. The highest BCUT2D eigenvalue weighted by atomic mass is 16.3. The predicted molar refractivity (Wildman–Crippen MR) is 68.4 cm³/mol. The summed E-state index contributed by atoms with van der Waals surface area (Å²) in [5, 5.41) is 12.7. The van der Waals surface area contributed by atoms with Crippen molar-refractivity contribution in [2.24, 2.45) is 0 Å². The van der Waals surface area contributed by atoms with Gasteiger partial charge in [0.2, 0.25) is 5.91 Å². The molecule has 0 spiro atoms. The molecule has 2 N–H and O–H groups in total. The molecule has 17 heavy (non-hydrogen) atoms. The molecule has 1 aromatic rings. The van der Waals surface area contributed by atoms with E-state index in [0.29, 0.717) is 13.0 Å². The average molecular weight is 235 g/mol. The summed E-state index contributed by atoms with van der Waals surface area (Å²) in [6.45, 7) is 6.04. The number of carbonyl (C=O) groups excluding carboxylic acids is 1. The van der Waals surface area contributed by atoms with Crippen LogP contribution in [-0.2, 0) is 16.9 Å². The minimum absolute atomic E-state index is 0.0825. The first-order valence-corrected chi connectivity index (χ1v) is 6.02. The molecule has 3 nitrogen and oxygen atoms in total. The van der Waals surface area contributed by atoms with Crippen molar-refractivity contribution in [2.75, 3.05) is 0 Å². The average Bonchev–Trinajstić information content (AvgIpc) is 2.26. The van der Waals surface area contributed by atoms with Crippen molar-refractivity contribution < 1.29 is 9.90 Å². The first kappa shape index (κ1) is 13.7. The molecule has 0 atom stereocenters. The van der Waals surface area contributed by atoms with Crippen LogP contribution in [0, 0.1) is 0 Å². The number of nitrogens with one attached hydrogen (secondary N) is 1. The molecule has 0 saturated heterocycles. The van der Waals surface area contributed by atoms with Gasteiger partial charge in [-0.3, -0.25) is 4.79 Å².